The van der Waals surface area contributed by atoms with E-state index in [2.05, 4.69) is 10.6 Å². The summed E-state index contributed by atoms with van der Waals surface area (Å²) in [4.78, 5) is 27.6. The molecule has 3 aromatic carbocycles. The molecule has 1 aliphatic rings. The first-order valence-electron chi connectivity index (χ1n) is 11.7. The Labute approximate surface area is 213 Å². The Kier molecular flexibility index (Phi) is 6.82. The Morgan fingerprint density at radius 2 is 1.70 bits per heavy atom. The highest BCUT2D eigenvalue weighted by Gasteiger charge is 2.56. The molecule has 1 aliphatic heterocycles. The van der Waals surface area contributed by atoms with Crippen LogP contribution in [0.25, 0.3) is 0 Å². The van der Waals surface area contributed by atoms with Crippen LogP contribution in [-0.2, 0) is 9.59 Å². The van der Waals surface area contributed by atoms with E-state index in [1.165, 1.54) is 17.0 Å². The largest absolute Gasteiger partial charge is 0.355 e. The standard InChI is InChI=1S/C28H27F3N4O2/c1-27(2)24(34-25(36)28(3,30)31)23(17-7-5-4-6-8-17)35(26(27)37)21-13-14-22(18(15-21)16-32)33-20-11-9-19(29)10-12-20/h4-16,23-24,32-33H,1-3H3,(H,34,36)/t23-,24-/m0/s1. The predicted molar refractivity (Wildman–Crippen MR) is 137 cm³/mol. The molecule has 4 rings (SSSR count). The number of amides is 2. The molecule has 1 saturated heterocycles. The van der Waals surface area contributed by atoms with Crippen LogP contribution in [0.2, 0.25) is 0 Å². The average Bonchev–Trinajstić information content (AvgIpc) is 3.06. The van der Waals surface area contributed by atoms with Crippen molar-refractivity contribution in [1.82, 2.24) is 5.32 Å². The molecule has 0 unspecified atom stereocenters. The lowest BCUT2D eigenvalue weighted by atomic mass is 9.82. The first-order valence-corrected chi connectivity index (χ1v) is 11.7. The Hall–Kier alpha value is -4.14. The van der Waals surface area contributed by atoms with E-state index in [0.29, 0.717) is 35.1 Å². The van der Waals surface area contributed by atoms with Gasteiger partial charge in [-0.25, -0.2) is 4.39 Å². The second-order valence-corrected chi connectivity index (χ2v) is 9.64. The second kappa shape index (κ2) is 9.72. The van der Waals surface area contributed by atoms with Gasteiger partial charge in [0.25, 0.3) is 5.91 Å². The Morgan fingerprint density at radius 1 is 1.05 bits per heavy atom. The number of benzene rings is 3. The van der Waals surface area contributed by atoms with Gasteiger partial charge in [-0.1, -0.05) is 30.3 Å². The van der Waals surface area contributed by atoms with Crippen molar-refractivity contribution in [3.63, 3.8) is 0 Å². The zero-order valence-corrected chi connectivity index (χ0v) is 20.6. The van der Waals surface area contributed by atoms with Gasteiger partial charge in [0.2, 0.25) is 5.91 Å². The van der Waals surface area contributed by atoms with Crippen LogP contribution in [0.1, 0.15) is 37.9 Å². The Balaban J connectivity index is 1.77. The third-order valence-corrected chi connectivity index (χ3v) is 6.56. The quantitative estimate of drug-likeness (QED) is 0.352. The smallest absolute Gasteiger partial charge is 0.321 e. The average molecular weight is 509 g/mol. The lowest BCUT2D eigenvalue weighted by molar-refractivity contribution is -0.144. The topological polar surface area (TPSA) is 85.3 Å². The highest BCUT2D eigenvalue weighted by molar-refractivity contribution is 6.03. The summed E-state index contributed by atoms with van der Waals surface area (Å²) in [6.45, 7) is 3.75. The maximum absolute atomic E-state index is 13.8. The van der Waals surface area contributed by atoms with E-state index in [4.69, 9.17) is 5.41 Å². The molecule has 3 aromatic rings. The van der Waals surface area contributed by atoms with Crippen LogP contribution in [-0.4, -0.2) is 30.0 Å². The summed E-state index contributed by atoms with van der Waals surface area (Å²) in [5.41, 5.74) is 1.51. The number of halogens is 3. The maximum Gasteiger partial charge on any atom is 0.321 e. The van der Waals surface area contributed by atoms with E-state index in [9.17, 15) is 22.8 Å². The fourth-order valence-electron chi connectivity index (χ4n) is 4.53. The van der Waals surface area contributed by atoms with E-state index >= 15 is 0 Å². The number of hydrogen-bond acceptors (Lipinski definition) is 4. The van der Waals surface area contributed by atoms with Crippen molar-refractivity contribution in [1.29, 1.82) is 5.41 Å². The van der Waals surface area contributed by atoms with Crippen LogP contribution in [0.4, 0.5) is 30.2 Å². The zero-order valence-electron chi connectivity index (χ0n) is 20.6. The Morgan fingerprint density at radius 3 is 2.30 bits per heavy atom. The second-order valence-electron chi connectivity index (χ2n) is 9.64. The monoisotopic (exact) mass is 508 g/mol. The molecule has 1 heterocycles. The van der Waals surface area contributed by atoms with Gasteiger partial charge in [-0.05, 0) is 61.9 Å². The number of alkyl halides is 2. The van der Waals surface area contributed by atoms with Gasteiger partial charge in [0.15, 0.2) is 0 Å². The first kappa shape index (κ1) is 25.9. The highest BCUT2D eigenvalue weighted by atomic mass is 19.3. The summed E-state index contributed by atoms with van der Waals surface area (Å²) >= 11 is 0. The van der Waals surface area contributed by atoms with Gasteiger partial charge in [0.1, 0.15) is 5.82 Å². The summed E-state index contributed by atoms with van der Waals surface area (Å²) in [6, 6.07) is 17.9. The minimum atomic E-state index is -3.62. The number of hydrogen-bond donors (Lipinski definition) is 3. The Bertz CT molecular complexity index is 1320. The molecule has 3 N–H and O–H groups in total. The van der Waals surface area contributed by atoms with Crippen LogP contribution in [0, 0.1) is 16.6 Å². The fraction of sp³-hybridized carbons (Fsp3) is 0.250. The lowest BCUT2D eigenvalue weighted by Gasteiger charge is -2.31. The zero-order chi connectivity index (χ0) is 27.0. The molecule has 9 heteroatoms. The lowest BCUT2D eigenvalue weighted by Crippen LogP contribution is -2.51. The third kappa shape index (κ3) is 5.07. The van der Waals surface area contributed by atoms with Gasteiger partial charge in [-0.15, -0.1) is 0 Å². The van der Waals surface area contributed by atoms with E-state index in [1.54, 1.807) is 74.5 Å². The van der Waals surface area contributed by atoms with Gasteiger partial charge < -0.3 is 20.9 Å². The molecule has 0 bridgehead atoms. The first-order chi connectivity index (χ1) is 17.4. The normalized spacial score (nSPS) is 19.0. The highest BCUT2D eigenvalue weighted by Crippen LogP contribution is 2.47. The minimum absolute atomic E-state index is 0.360. The van der Waals surface area contributed by atoms with Gasteiger partial charge in [0, 0.05) is 35.8 Å². The molecule has 1 fully saturated rings. The SMILES string of the molecule is CC(F)(F)C(=O)N[C@H]1[C@H](c2ccccc2)N(c2ccc(Nc3ccc(F)cc3)c(C=N)c2)C(=O)C1(C)C. The van der Waals surface area contributed by atoms with Crippen LogP contribution in [0.15, 0.2) is 72.8 Å². The molecule has 2 amide bonds. The molecule has 0 radical (unpaired) electrons. The van der Waals surface area contributed by atoms with Crippen molar-refractivity contribution in [3.05, 3.63) is 89.7 Å². The van der Waals surface area contributed by atoms with Crippen LogP contribution in [0.3, 0.4) is 0 Å². The molecule has 0 aromatic heterocycles. The number of nitrogens with zero attached hydrogens (tertiary/aromatic N) is 1. The summed E-state index contributed by atoms with van der Waals surface area (Å²) in [5.74, 6) is -5.81. The van der Waals surface area contributed by atoms with Crippen molar-refractivity contribution < 1.29 is 22.8 Å². The minimum Gasteiger partial charge on any atom is -0.355 e. The van der Waals surface area contributed by atoms with Crippen molar-refractivity contribution in [2.45, 2.75) is 38.8 Å². The van der Waals surface area contributed by atoms with Crippen molar-refractivity contribution in [3.8, 4) is 0 Å². The van der Waals surface area contributed by atoms with Crippen molar-refractivity contribution >= 4 is 35.1 Å². The fourth-order valence-corrected chi connectivity index (χ4v) is 4.53. The molecular weight excluding hydrogens is 481 g/mol. The van der Waals surface area contributed by atoms with E-state index < -0.39 is 29.3 Å². The summed E-state index contributed by atoms with van der Waals surface area (Å²) in [5, 5.41) is 13.5. The molecular formula is C28H27F3N4O2. The van der Waals surface area contributed by atoms with Gasteiger partial charge >= 0.3 is 5.92 Å². The number of carbonyl (C=O) groups is 2. The summed E-state index contributed by atoms with van der Waals surface area (Å²) in [6.07, 6.45) is 1.12. The molecule has 2 atom stereocenters. The van der Waals surface area contributed by atoms with Crippen LogP contribution < -0.4 is 15.5 Å². The number of rotatable bonds is 7. The number of anilines is 3. The van der Waals surface area contributed by atoms with Gasteiger partial charge in [-0.2, -0.15) is 8.78 Å². The number of carbonyl (C=O) groups excluding carboxylic acids is 2. The maximum atomic E-state index is 13.8. The van der Waals surface area contributed by atoms with E-state index in [0.717, 1.165) is 6.21 Å². The van der Waals surface area contributed by atoms with E-state index in [-0.39, 0.29) is 11.7 Å². The molecule has 192 valence electrons. The molecule has 0 saturated carbocycles. The number of nitrogens with one attached hydrogen (secondary N) is 3. The van der Waals surface area contributed by atoms with Crippen LogP contribution in [0.5, 0.6) is 0 Å². The molecule has 0 spiro atoms. The van der Waals surface area contributed by atoms with Gasteiger partial charge in [-0.3, -0.25) is 9.59 Å². The van der Waals surface area contributed by atoms with Crippen molar-refractivity contribution in [2.24, 2.45) is 5.41 Å². The predicted octanol–water partition coefficient (Wildman–Crippen LogP) is 5.82. The third-order valence-electron chi connectivity index (χ3n) is 6.56. The van der Waals surface area contributed by atoms with Crippen LogP contribution >= 0.6 is 0 Å². The summed E-state index contributed by atoms with van der Waals surface area (Å²) < 4.78 is 41.0. The van der Waals surface area contributed by atoms with Crippen molar-refractivity contribution in [2.75, 3.05) is 10.2 Å². The molecule has 0 aliphatic carbocycles. The summed E-state index contributed by atoms with van der Waals surface area (Å²) in [7, 11) is 0. The molecule has 37 heavy (non-hydrogen) atoms. The van der Waals surface area contributed by atoms with Gasteiger partial charge in [0.05, 0.1) is 17.5 Å². The molecule has 6 nitrogen and oxygen atoms in total. The van der Waals surface area contributed by atoms with E-state index in [1.807, 2.05) is 0 Å².